The number of nitrogens with zero attached hydrogens (tertiary/aromatic N) is 1. The quantitative estimate of drug-likeness (QED) is 0.360. The van der Waals surface area contributed by atoms with E-state index in [1.807, 2.05) is 56.3 Å². The molecule has 1 unspecified atom stereocenters. The van der Waals surface area contributed by atoms with Crippen LogP contribution in [0.15, 0.2) is 42.5 Å². The number of hydrogen-bond donors (Lipinski definition) is 3. The second-order valence-electron chi connectivity index (χ2n) is 9.87. The maximum atomic E-state index is 13.2. The lowest BCUT2D eigenvalue weighted by Crippen LogP contribution is -2.55. The number of nitrogens with one attached hydrogen (secondary N) is 1. The summed E-state index contributed by atoms with van der Waals surface area (Å²) in [4.78, 5) is 27.4. The first-order chi connectivity index (χ1) is 15.8. The van der Waals surface area contributed by atoms with Crippen molar-refractivity contribution in [3.05, 3.63) is 48.0 Å². The molecule has 0 saturated carbocycles. The summed E-state index contributed by atoms with van der Waals surface area (Å²) in [5, 5.41) is 25.0. The molecule has 2 rings (SSSR count). The molecule has 0 aliphatic rings. The van der Waals surface area contributed by atoms with Crippen LogP contribution in [-0.4, -0.2) is 64.4 Å². The number of rotatable bonds is 10. The van der Waals surface area contributed by atoms with Gasteiger partial charge in [-0.25, -0.2) is 9.59 Å². The van der Waals surface area contributed by atoms with E-state index in [9.17, 15) is 19.8 Å². The molecule has 0 aliphatic carbocycles. The Morgan fingerprint density at radius 3 is 2.29 bits per heavy atom. The summed E-state index contributed by atoms with van der Waals surface area (Å²) < 4.78 is 10.5. The summed E-state index contributed by atoms with van der Waals surface area (Å²) in [5.74, 6) is -3.02. The standard InChI is InChI=1S/C26H38N2O6/c1-7-33-26(31,32)17-28(16-18(2)3)24(30)27-22(23(29)34-25(4,5)6)15-19-12-13-20-10-8-9-11-21(20)14-19/h8-14,18,22,31-32H,7,15-17H2,1-6H3,(H,27,30). The van der Waals surface area contributed by atoms with Crippen molar-refractivity contribution < 1.29 is 29.3 Å². The molecular formula is C26H38N2O6. The van der Waals surface area contributed by atoms with Gasteiger partial charge in [0.2, 0.25) is 0 Å². The second-order valence-corrected chi connectivity index (χ2v) is 9.87. The van der Waals surface area contributed by atoms with Gasteiger partial charge >= 0.3 is 12.0 Å². The lowest BCUT2D eigenvalue weighted by atomic mass is 10.0. The lowest BCUT2D eigenvalue weighted by Gasteiger charge is -2.32. The second kappa shape index (κ2) is 11.6. The van der Waals surface area contributed by atoms with Crippen molar-refractivity contribution in [1.82, 2.24) is 10.2 Å². The molecule has 0 heterocycles. The molecule has 0 fully saturated rings. The Hall–Kier alpha value is -2.68. The zero-order valence-electron chi connectivity index (χ0n) is 21.0. The van der Waals surface area contributed by atoms with E-state index in [0.29, 0.717) is 0 Å². The Morgan fingerprint density at radius 1 is 1.06 bits per heavy atom. The first kappa shape index (κ1) is 27.6. The van der Waals surface area contributed by atoms with E-state index in [2.05, 4.69) is 5.32 Å². The van der Waals surface area contributed by atoms with Crippen LogP contribution >= 0.6 is 0 Å². The molecule has 0 spiro atoms. The van der Waals surface area contributed by atoms with Crippen molar-refractivity contribution in [3.63, 3.8) is 0 Å². The number of fused-ring (bicyclic) bond motifs is 1. The first-order valence-corrected chi connectivity index (χ1v) is 11.6. The lowest BCUT2D eigenvalue weighted by molar-refractivity contribution is -0.338. The van der Waals surface area contributed by atoms with Crippen LogP contribution in [0.2, 0.25) is 0 Å². The van der Waals surface area contributed by atoms with E-state index in [-0.39, 0.29) is 25.5 Å². The third-order valence-electron chi connectivity index (χ3n) is 4.89. The SMILES string of the molecule is CCOC(O)(O)CN(CC(C)C)C(=O)NC(Cc1ccc2ccccc2c1)C(=O)OC(C)(C)C. The van der Waals surface area contributed by atoms with Gasteiger partial charge in [-0.15, -0.1) is 0 Å². The fraction of sp³-hybridized carbons (Fsp3) is 0.538. The first-order valence-electron chi connectivity index (χ1n) is 11.6. The molecule has 2 aromatic carbocycles. The monoisotopic (exact) mass is 474 g/mol. The van der Waals surface area contributed by atoms with Gasteiger partial charge in [0.05, 0.1) is 0 Å². The van der Waals surface area contributed by atoms with E-state index < -0.39 is 36.2 Å². The van der Waals surface area contributed by atoms with Crippen LogP contribution in [0.25, 0.3) is 10.8 Å². The number of aliphatic hydroxyl groups is 2. The number of urea groups is 1. The Balaban J connectivity index is 2.28. The maximum absolute atomic E-state index is 13.2. The molecule has 0 aliphatic heterocycles. The summed E-state index contributed by atoms with van der Waals surface area (Å²) in [5.41, 5.74) is 0.125. The average Bonchev–Trinajstić information content (AvgIpc) is 2.70. The molecule has 2 aromatic rings. The van der Waals surface area contributed by atoms with Gasteiger partial charge in [-0.05, 0) is 49.9 Å². The highest BCUT2D eigenvalue weighted by molar-refractivity contribution is 5.85. The van der Waals surface area contributed by atoms with Crippen LogP contribution in [0.4, 0.5) is 4.79 Å². The van der Waals surface area contributed by atoms with Gasteiger partial charge in [-0.1, -0.05) is 56.3 Å². The third kappa shape index (κ3) is 8.93. The van der Waals surface area contributed by atoms with E-state index in [4.69, 9.17) is 9.47 Å². The van der Waals surface area contributed by atoms with Crippen molar-refractivity contribution in [2.75, 3.05) is 19.7 Å². The Labute approximate surface area is 201 Å². The molecule has 0 radical (unpaired) electrons. The zero-order valence-corrected chi connectivity index (χ0v) is 21.0. The van der Waals surface area contributed by atoms with Gasteiger partial charge < -0.3 is 29.9 Å². The van der Waals surface area contributed by atoms with Crippen molar-refractivity contribution in [3.8, 4) is 0 Å². The number of hydrogen-bond acceptors (Lipinski definition) is 6. The van der Waals surface area contributed by atoms with E-state index >= 15 is 0 Å². The predicted molar refractivity (Wildman–Crippen MR) is 131 cm³/mol. The molecule has 8 nitrogen and oxygen atoms in total. The summed E-state index contributed by atoms with van der Waals surface area (Å²) in [6.07, 6.45) is 0.218. The number of ether oxygens (including phenoxy) is 2. The molecule has 0 saturated heterocycles. The maximum Gasteiger partial charge on any atom is 0.329 e. The zero-order chi connectivity index (χ0) is 25.5. The highest BCUT2D eigenvalue weighted by Gasteiger charge is 2.33. The number of amides is 2. The van der Waals surface area contributed by atoms with Crippen LogP contribution in [0, 0.1) is 5.92 Å². The van der Waals surface area contributed by atoms with Crippen LogP contribution in [0.3, 0.4) is 0 Å². The van der Waals surface area contributed by atoms with Crippen LogP contribution in [-0.2, 0) is 20.7 Å². The molecule has 2 amide bonds. The Kier molecular flexibility index (Phi) is 9.44. The topological polar surface area (TPSA) is 108 Å². The van der Waals surface area contributed by atoms with Gasteiger partial charge in [-0.2, -0.15) is 0 Å². The van der Waals surface area contributed by atoms with Gasteiger partial charge in [0.1, 0.15) is 18.2 Å². The van der Waals surface area contributed by atoms with Gasteiger partial charge in [-0.3, -0.25) is 0 Å². The summed E-state index contributed by atoms with van der Waals surface area (Å²) in [7, 11) is 0. The molecular weight excluding hydrogens is 436 g/mol. The van der Waals surface area contributed by atoms with E-state index in [1.165, 1.54) is 4.90 Å². The van der Waals surface area contributed by atoms with Gasteiger partial charge in [0.25, 0.3) is 5.97 Å². The minimum atomic E-state index is -2.50. The van der Waals surface area contributed by atoms with Crippen molar-refractivity contribution in [1.29, 1.82) is 0 Å². The van der Waals surface area contributed by atoms with Crippen molar-refractivity contribution >= 4 is 22.8 Å². The summed E-state index contributed by atoms with van der Waals surface area (Å²) in [6, 6.07) is 12.2. The van der Waals surface area contributed by atoms with Gasteiger partial charge in [0.15, 0.2) is 0 Å². The average molecular weight is 475 g/mol. The smallest absolute Gasteiger partial charge is 0.329 e. The predicted octanol–water partition coefficient (Wildman–Crippen LogP) is 3.44. The molecule has 0 aromatic heterocycles. The minimum absolute atomic E-state index is 0.0450. The molecule has 8 heteroatoms. The van der Waals surface area contributed by atoms with Crippen molar-refractivity contribution in [2.45, 2.75) is 65.6 Å². The van der Waals surface area contributed by atoms with Crippen LogP contribution in [0.5, 0.6) is 0 Å². The largest absolute Gasteiger partial charge is 0.458 e. The summed E-state index contributed by atoms with van der Waals surface area (Å²) in [6.45, 7) is 10.5. The van der Waals surface area contributed by atoms with Crippen LogP contribution < -0.4 is 5.32 Å². The molecule has 3 N–H and O–H groups in total. The van der Waals surface area contributed by atoms with E-state index in [1.54, 1.807) is 27.7 Å². The normalized spacial score (nSPS) is 13.1. The number of carbonyl (C=O) groups is 2. The number of esters is 1. The van der Waals surface area contributed by atoms with Crippen LogP contribution in [0.1, 0.15) is 47.1 Å². The number of carbonyl (C=O) groups excluding carboxylic acids is 2. The summed E-state index contributed by atoms with van der Waals surface area (Å²) >= 11 is 0. The fourth-order valence-electron chi connectivity index (χ4n) is 3.59. The molecule has 188 valence electrons. The molecule has 34 heavy (non-hydrogen) atoms. The molecule has 1 atom stereocenters. The highest BCUT2D eigenvalue weighted by Crippen LogP contribution is 2.18. The Morgan fingerprint density at radius 2 is 1.71 bits per heavy atom. The number of benzene rings is 2. The van der Waals surface area contributed by atoms with Gasteiger partial charge in [0, 0.05) is 19.6 Å². The highest BCUT2D eigenvalue weighted by atomic mass is 16.8. The molecule has 0 bridgehead atoms. The third-order valence-corrected chi connectivity index (χ3v) is 4.89. The Bertz CT molecular complexity index is 967. The minimum Gasteiger partial charge on any atom is -0.458 e. The van der Waals surface area contributed by atoms with E-state index in [0.717, 1.165) is 16.3 Å². The fourth-order valence-corrected chi connectivity index (χ4v) is 3.59. The van der Waals surface area contributed by atoms with Crippen molar-refractivity contribution in [2.24, 2.45) is 5.92 Å².